The van der Waals surface area contributed by atoms with Crippen LogP contribution in [0.3, 0.4) is 0 Å². The van der Waals surface area contributed by atoms with Crippen molar-refractivity contribution in [1.82, 2.24) is 9.80 Å². The van der Waals surface area contributed by atoms with E-state index in [0.29, 0.717) is 38.1 Å². The molecule has 5 heteroatoms. The van der Waals surface area contributed by atoms with E-state index in [2.05, 4.69) is 17.0 Å². The molecule has 29 heavy (non-hydrogen) atoms. The van der Waals surface area contributed by atoms with Gasteiger partial charge in [-0.05, 0) is 68.6 Å². The number of hydrogen-bond donors (Lipinski definition) is 0. The van der Waals surface area contributed by atoms with Gasteiger partial charge in [0.05, 0.1) is 0 Å². The summed E-state index contributed by atoms with van der Waals surface area (Å²) in [5.41, 5.74) is 1.99. The van der Waals surface area contributed by atoms with E-state index in [-0.39, 0.29) is 17.4 Å². The average Bonchev–Trinajstić information content (AvgIpc) is 3.55. The summed E-state index contributed by atoms with van der Waals surface area (Å²) in [7, 11) is 0. The van der Waals surface area contributed by atoms with E-state index < -0.39 is 0 Å². The molecular weight excluding hydrogens is 364 g/mol. The lowest BCUT2D eigenvalue weighted by molar-refractivity contribution is -0.143. The normalized spacial score (nSPS) is 24.8. The van der Waals surface area contributed by atoms with Crippen molar-refractivity contribution in [1.29, 1.82) is 0 Å². The van der Waals surface area contributed by atoms with Crippen molar-refractivity contribution in [2.75, 3.05) is 32.8 Å². The van der Waals surface area contributed by atoms with Gasteiger partial charge in [-0.25, -0.2) is 0 Å². The van der Waals surface area contributed by atoms with Crippen LogP contribution in [0.15, 0.2) is 24.3 Å². The molecule has 0 atom stereocenters. The third-order valence-electron chi connectivity index (χ3n) is 7.63. The molecule has 5 rings (SSSR count). The Labute approximate surface area is 173 Å². The zero-order valence-corrected chi connectivity index (χ0v) is 17.3. The van der Waals surface area contributed by atoms with E-state index in [1.54, 1.807) is 0 Å². The first kappa shape index (κ1) is 19.1. The van der Waals surface area contributed by atoms with Crippen molar-refractivity contribution in [2.24, 2.45) is 5.92 Å². The summed E-state index contributed by atoms with van der Waals surface area (Å²) < 4.78 is 5.62. The lowest BCUT2D eigenvalue weighted by atomic mass is 9.79. The van der Waals surface area contributed by atoms with Gasteiger partial charge in [-0.1, -0.05) is 18.6 Å². The Morgan fingerprint density at radius 3 is 2.45 bits per heavy atom. The van der Waals surface area contributed by atoms with Crippen molar-refractivity contribution in [3.8, 4) is 0 Å². The van der Waals surface area contributed by atoms with Crippen LogP contribution in [0.5, 0.6) is 0 Å². The second-order valence-corrected chi connectivity index (χ2v) is 9.40. The molecule has 4 aliphatic rings. The Hall–Kier alpha value is -1.88. The highest BCUT2D eigenvalue weighted by atomic mass is 16.5. The molecule has 156 valence electrons. The zero-order chi connectivity index (χ0) is 19.8. The fourth-order valence-electron chi connectivity index (χ4n) is 5.27. The highest BCUT2D eigenvalue weighted by molar-refractivity contribution is 5.94. The number of carbonyl (C=O) groups excluding carboxylic acids is 2. The molecule has 0 aromatic heterocycles. The highest BCUT2D eigenvalue weighted by Crippen LogP contribution is 2.40. The Bertz CT molecular complexity index is 778. The van der Waals surface area contributed by atoms with Crippen molar-refractivity contribution >= 4 is 11.8 Å². The summed E-state index contributed by atoms with van der Waals surface area (Å²) in [5, 5.41) is 0. The maximum Gasteiger partial charge on any atom is 0.253 e. The molecule has 1 aromatic rings. The van der Waals surface area contributed by atoms with E-state index in [0.717, 1.165) is 44.2 Å². The summed E-state index contributed by atoms with van der Waals surface area (Å²) in [6, 6.07) is 8.25. The summed E-state index contributed by atoms with van der Waals surface area (Å²) >= 11 is 0. The molecule has 1 spiro atoms. The highest BCUT2D eigenvalue weighted by Gasteiger charge is 2.46. The molecule has 4 fully saturated rings. The van der Waals surface area contributed by atoms with Gasteiger partial charge in [-0.2, -0.15) is 0 Å². The minimum absolute atomic E-state index is 0.120. The molecule has 2 heterocycles. The molecule has 2 aliphatic carbocycles. The molecule has 1 aromatic carbocycles. The molecular formula is C24H32N2O3. The van der Waals surface area contributed by atoms with Crippen LogP contribution in [0.4, 0.5) is 0 Å². The van der Waals surface area contributed by atoms with Gasteiger partial charge in [-0.3, -0.25) is 9.59 Å². The lowest BCUT2D eigenvalue weighted by Crippen LogP contribution is -2.55. The van der Waals surface area contributed by atoms with Crippen LogP contribution in [0.2, 0.25) is 0 Å². The zero-order valence-electron chi connectivity index (χ0n) is 17.3. The number of hydrogen-bond acceptors (Lipinski definition) is 3. The van der Waals surface area contributed by atoms with E-state index in [1.807, 2.05) is 17.0 Å². The summed E-state index contributed by atoms with van der Waals surface area (Å²) in [6.45, 7) is 3.44. The molecule has 2 amide bonds. The van der Waals surface area contributed by atoms with E-state index >= 15 is 0 Å². The Morgan fingerprint density at radius 1 is 0.966 bits per heavy atom. The number of benzene rings is 1. The topological polar surface area (TPSA) is 49.9 Å². The van der Waals surface area contributed by atoms with Crippen LogP contribution >= 0.6 is 0 Å². The first-order chi connectivity index (χ1) is 14.2. The molecule has 0 bridgehead atoms. The monoisotopic (exact) mass is 396 g/mol. The van der Waals surface area contributed by atoms with E-state index in [4.69, 9.17) is 4.74 Å². The summed E-state index contributed by atoms with van der Waals surface area (Å²) in [4.78, 5) is 30.5. The first-order valence-electron chi connectivity index (χ1n) is 11.4. The molecule has 2 aliphatic heterocycles. The predicted molar refractivity (Wildman–Crippen MR) is 111 cm³/mol. The number of nitrogens with zero attached hydrogens (tertiary/aromatic N) is 2. The van der Waals surface area contributed by atoms with Crippen LogP contribution in [-0.4, -0.2) is 60.0 Å². The first-order valence-corrected chi connectivity index (χ1v) is 11.4. The molecule has 2 saturated heterocycles. The molecule has 0 unspecified atom stereocenters. The Morgan fingerprint density at radius 2 is 1.76 bits per heavy atom. The molecule has 0 N–H and O–H groups in total. The molecule has 0 radical (unpaired) electrons. The largest absolute Gasteiger partial charge is 0.381 e. The SMILES string of the molecule is O=C(c1cccc(C2CCC2)c1)N1CCN(C(=O)C2CC2)C2(CCOCC2)CC1. The van der Waals surface area contributed by atoms with Gasteiger partial charge in [0.15, 0.2) is 0 Å². The van der Waals surface area contributed by atoms with Crippen LogP contribution in [0, 0.1) is 5.92 Å². The maximum atomic E-state index is 13.3. The minimum atomic E-state index is -0.124. The Balaban J connectivity index is 1.34. The fourth-order valence-corrected chi connectivity index (χ4v) is 5.27. The smallest absolute Gasteiger partial charge is 0.253 e. The second kappa shape index (κ2) is 7.75. The van der Waals surface area contributed by atoms with Crippen molar-refractivity contribution < 1.29 is 14.3 Å². The van der Waals surface area contributed by atoms with E-state index in [1.165, 1.54) is 24.8 Å². The fraction of sp³-hybridized carbons (Fsp3) is 0.667. The van der Waals surface area contributed by atoms with Gasteiger partial charge in [0.1, 0.15) is 0 Å². The minimum Gasteiger partial charge on any atom is -0.381 e. The van der Waals surface area contributed by atoms with Crippen molar-refractivity contribution in [2.45, 2.75) is 62.8 Å². The summed E-state index contributed by atoms with van der Waals surface area (Å²) in [5.74, 6) is 1.28. The van der Waals surface area contributed by atoms with E-state index in [9.17, 15) is 9.59 Å². The Kier molecular flexibility index (Phi) is 5.10. The quantitative estimate of drug-likeness (QED) is 0.785. The maximum absolute atomic E-state index is 13.3. The lowest BCUT2D eigenvalue weighted by Gasteiger charge is -2.45. The standard InChI is InChI=1S/C24H32N2O3/c27-22(21-6-2-5-20(17-21)18-3-1-4-18)25-12-9-24(10-15-29-16-11-24)26(14-13-25)23(28)19-7-8-19/h2,5-6,17-19H,1,3-4,7-16H2. The number of amides is 2. The van der Waals surface area contributed by atoms with Crippen LogP contribution in [-0.2, 0) is 9.53 Å². The number of ether oxygens (including phenoxy) is 1. The second-order valence-electron chi connectivity index (χ2n) is 9.40. The van der Waals surface area contributed by atoms with Gasteiger partial charge in [-0.15, -0.1) is 0 Å². The van der Waals surface area contributed by atoms with Crippen LogP contribution < -0.4 is 0 Å². The van der Waals surface area contributed by atoms with Crippen molar-refractivity contribution in [3.63, 3.8) is 0 Å². The van der Waals surface area contributed by atoms with Gasteiger partial charge in [0.2, 0.25) is 5.91 Å². The third kappa shape index (κ3) is 3.70. The number of rotatable bonds is 3. The van der Waals surface area contributed by atoms with Gasteiger partial charge < -0.3 is 14.5 Å². The molecule has 2 saturated carbocycles. The van der Waals surface area contributed by atoms with Gasteiger partial charge in [0.25, 0.3) is 5.91 Å². The number of carbonyl (C=O) groups is 2. The average molecular weight is 397 g/mol. The van der Waals surface area contributed by atoms with Gasteiger partial charge in [0, 0.05) is 49.9 Å². The van der Waals surface area contributed by atoms with Gasteiger partial charge >= 0.3 is 0 Å². The van der Waals surface area contributed by atoms with Crippen LogP contribution in [0.1, 0.15) is 73.2 Å². The van der Waals surface area contributed by atoms with Crippen LogP contribution in [0.25, 0.3) is 0 Å². The summed E-state index contributed by atoms with van der Waals surface area (Å²) in [6.07, 6.45) is 8.48. The molecule has 5 nitrogen and oxygen atoms in total. The van der Waals surface area contributed by atoms with Crippen molar-refractivity contribution in [3.05, 3.63) is 35.4 Å². The third-order valence-corrected chi connectivity index (χ3v) is 7.63. The predicted octanol–water partition coefficient (Wildman–Crippen LogP) is 3.59.